The Labute approximate surface area is 79.0 Å². The zero-order valence-corrected chi connectivity index (χ0v) is 8.34. The summed E-state index contributed by atoms with van der Waals surface area (Å²) in [4.78, 5) is 13.0. The van der Waals surface area contributed by atoms with E-state index in [1.807, 2.05) is 13.8 Å². The lowest BCUT2D eigenvalue weighted by atomic mass is 10.1. The van der Waals surface area contributed by atoms with E-state index in [-0.39, 0.29) is 0 Å². The predicted octanol–water partition coefficient (Wildman–Crippen LogP) is 1.85. The number of nitrogens with zero attached hydrogens (tertiary/aromatic N) is 1. The van der Waals surface area contributed by atoms with E-state index in [1.165, 1.54) is 12.8 Å². The third-order valence-corrected chi connectivity index (χ3v) is 2.63. The number of carboxylic acids is 1. The molecule has 1 heterocycles. The van der Waals surface area contributed by atoms with Crippen molar-refractivity contribution >= 4 is 5.97 Å². The van der Waals surface area contributed by atoms with Crippen LogP contribution in [0.5, 0.6) is 0 Å². The first-order valence-electron chi connectivity index (χ1n) is 4.84. The molecule has 0 atom stereocenters. The van der Waals surface area contributed by atoms with Crippen LogP contribution in [0.4, 0.5) is 0 Å². The van der Waals surface area contributed by atoms with E-state index in [4.69, 9.17) is 5.11 Å². The van der Waals surface area contributed by atoms with Crippen molar-refractivity contribution in [1.82, 2.24) is 4.90 Å². The summed E-state index contributed by atoms with van der Waals surface area (Å²) in [6.07, 6.45) is 2.99. The molecule has 0 aromatic heterocycles. The van der Waals surface area contributed by atoms with Crippen molar-refractivity contribution in [2.24, 2.45) is 0 Å². The molecule has 1 N–H and O–H groups in total. The van der Waals surface area contributed by atoms with Crippen molar-refractivity contribution in [3.05, 3.63) is 11.3 Å². The molecular weight excluding hydrogens is 166 g/mol. The van der Waals surface area contributed by atoms with Crippen molar-refractivity contribution in [2.45, 2.75) is 33.1 Å². The highest BCUT2D eigenvalue weighted by atomic mass is 16.4. The van der Waals surface area contributed by atoms with E-state index in [0.29, 0.717) is 12.0 Å². The molecular formula is C10H17NO2. The minimum Gasteiger partial charge on any atom is -0.478 e. The van der Waals surface area contributed by atoms with Gasteiger partial charge in [0.1, 0.15) is 0 Å². The molecule has 0 bridgehead atoms. The van der Waals surface area contributed by atoms with E-state index in [1.54, 1.807) is 0 Å². The molecule has 1 fully saturated rings. The Balaban J connectivity index is 2.79. The van der Waals surface area contributed by atoms with Crippen LogP contribution in [0.3, 0.4) is 0 Å². The summed E-state index contributed by atoms with van der Waals surface area (Å²) in [5.74, 6) is -0.771. The minimum atomic E-state index is -0.771. The van der Waals surface area contributed by atoms with Crippen molar-refractivity contribution in [3.8, 4) is 0 Å². The molecule has 1 rings (SSSR count). The van der Waals surface area contributed by atoms with Gasteiger partial charge in [-0.15, -0.1) is 0 Å². The van der Waals surface area contributed by atoms with Crippen LogP contribution in [0.2, 0.25) is 0 Å². The monoisotopic (exact) mass is 183 g/mol. The summed E-state index contributed by atoms with van der Waals surface area (Å²) < 4.78 is 0. The van der Waals surface area contributed by atoms with Gasteiger partial charge in [-0.1, -0.05) is 6.92 Å². The van der Waals surface area contributed by atoms with Crippen LogP contribution in [0, 0.1) is 0 Å². The average molecular weight is 183 g/mol. The lowest BCUT2D eigenvalue weighted by Gasteiger charge is -2.20. The van der Waals surface area contributed by atoms with Gasteiger partial charge in [0, 0.05) is 18.8 Å². The summed E-state index contributed by atoms with van der Waals surface area (Å²) in [5.41, 5.74) is 1.51. The molecule has 0 aliphatic carbocycles. The number of likely N-dealkylation sites (tertiary alicyclic amines) is 1. The number of carbonyl (C=O) groups is 1. The van der Waals surface area contributed by atoms with Gasteiger partial charge in [0.05, 0.1) is 5.57 Å². The first-order chi connectivity index (χ1) is 6.16. The Morgan fingerprint density at radius 2 is 1.92 bits per heavy atom. The molecule has 1 aliphatic heterocycles. The molecule has 3 nitrogen and oxygen atoms in total. The topological polar surface area (TPSA) is 40.5 Å². The van der Waals surface area contributed by atoms with Crippen molar-refractivity contribution < 1.29 is 9.90 Å². The van der Waals surface area contributed by atoms with E-state index >= 15 is 0 Å². The van der Waals surface area contributed by atoms with Crippen LogP contribution in [0.1, 0.15) is 33.1 Å². The van der Waals surface area contributed by atoms with E-state index in [2.05, 4.69) is 4.90 Å². The quantitative estimate of drug-likeness (QED) is 0.679. The molecule has 0 unspecified atom stereocenters. The highest BCUT2D eigenvalue weighted by molar-refractivity contribution is 5.87. The molecule has 0 radical (unpaired) electrons. The summed E-state index contributed by atoms with van der Waals surface area (Å²) in [7, 11) is 0. The molecule has 0 aromatic carbocycles. The molecule has 1 aliphatic rings. The van der Waals surface area contributed by atoms with Crippen molar-refractivity contribution in [2.75, 3.05) is 13.1 Å². The first kappa shape index (κ1) is 10.1. The van der Waals surface area contributed by atoms with Gasteiger partial charge >= 0.3 is 5.97 Å². The van der Waals surface area contributed by atoms with Crippen LogP contribution >= 0.6 is 0 Å². The molecule has 3 heteroatoms. The maximum atomic E-state index is 10.8. The van der Waals surface area contributed by atoms with Gasteiger partial charge in [-0.2, -0.15) is 0 Å². The fourth-order valence-electron chi connectivity index (χ4n) is 1.81. The number of hydrogen-bond acceptors (Lipinski definition) is 2. The van der Waals surface area contributed by atoms with Crippen molar-refractivity contribution in [1.29, 1.82) is 0 Å². The minimum absolute atomic E-state index is 0.557. The van der Waals surface area contributed by atoms with Gasteiger partial charge in [-0.25, -0.2) is 4.79 Å². The van der Waals surface area contributed by atoms with Gasteiger partial charge in [-0.05, 0) is 26.2 Å². The van der Waals surface area contributed by atoms with E-state index in [9.17, 15) is 4.79 Å². The highest BCUT2D eigenvalue weighted by Crippen LogP contribution is 2.18. The number of hydrogen-bond donors (Lipinski definition) is 1. The van der Waals surface area contributed by atoms with Crippen molar-refractivity contribution in [3.63, 3.8) is 0 Å². The fourth-order valence-corrected chi connectivity index (χ4v) is 1.81. The van der Waals surface area contributed by atoms with Crippen LogP contribution in [-0.4, -0.2) is 29.1 Å². The predicted molar refractivity (Wildman–Crippen MR) is 51.4 cm³/mol. The zero-order chi connectivity index (χ0) is 9.84. The smallest absolute Gasteiger partial charge is 0.333 e. The van der Waals surface area contributed by atoms with Gasteiger partial charge in [0.15, 0.2) is 0 Å². The number of allylic oxidation sites excluding steroid dienone is 1. The van der Waals surface area contributed by atoms with Crippen LogP contribution < -0.4 is 0 Å². The second kappa shape index (κ2) is 4.30. The molecule has 0 spiro atoms. The lowest BCUT2D eigenvalue weighted by Crippen LogP contribution is -2.20. The second-order valence-electron chi connectivity index (χ2n) is 3.42. The molecule has 1 saturated heterocycles. The summed E-state index contributed by atoms with van der Waals surface area (Å²) in [5, 5.41) is 8.92. The Hall–Kier alpha value is -0.990. The van der Waals surface area contributed by atoms with Crippen LogP contribution in [0.25, 0.3) is 0 Å². The molecule has 0 aromatic rings. The van der Waals surface area contributed by atoms with Gasteiger partial charge in [0.2, 0.25) is 0 Å². The Morgan fingerprint density at radius 3 is 2.31 bits per heavy atom. The third-order valence-electron chi connectivity index (χ3n) is 2.63. The van der Waals surface area contributed by atoms with Gasteiger partial charge in [0.25, 0.3) is 0 Å². The van der Waals surface area contributed by atoms with Crippen LogP contribution in [-0.2, 0) is 4.79 Å². The Kier molecular flexibility index (Phi) is 3.34. The Morgan fingerprint density at radius 1 is 1.38 bits per heavy atom. The van der Waals surface area contributed by atoms with E-state index in [0.717, 1.165) is 18.8 Å². The van der Waals surface area contributed by atoms with Gasteiger partial charge in [-0.3, -0.25) is 0 Å². The maximum absolute atomic E-state index is 10.8. The molecule has 0 amide bonds. The summed E-state index contributed by atoms with van der Waals surface area (Å²) >= 11 is 0. The highest BCUT2D eigenvalue weighted by Gasteiger charge is 2.17. The van der Waals surface area contributed by atoms with Gasteiger partial charge < -0.3 is 10.0 Å². The second-order valence-corrected chi connectivity index (χ2v) is 3.42. The number of carboxylic acid groups (broad SMARTS) is 1. The zero-order valence-electron chi connectivity index (χ0n) is 8.34. The lowest BCUT2D eigenvalue weighted by molar-refractivity contribution is -0.132. The third kappa shape index (κ3) is 2.23. The summed E-state index contributed by atoms with van der Waals surface area (Å²) in [6.45, 7) is 5.84. The SMILES string of the molecule is CC/C(C(=O)O)=C(\C)N1CCCC1. The van der Waals surface area contributed by atoms with E-state index < -0.39 is 5.97 Å². The first-order valence-corrected chi connectivity index (χ1v) is 4.84. The molecule has 13 heavy (non-hydrogen) atoms. The number of rotatable bonds is 3. The Bertz CT molecular complexity index is 227. The largest absolute Gasteiger partial charge is 0.478 e. The standard InChI is InChI=1S/C10H17NO2/c1-3-9(10(12)13)8(2)11-6-4-5-7-11/h3-7H2,1-2H3,(H,12,13)/b9-8-. The fraction of sp³-hybridized carbons (Fsp3) is 0.700. The van der Waals surface area contributed by atoms with Crippen LogP contribution in [0.15, 0.2) is 11.3 Å². The normalized spacial score (nSPS) is 18.8. The molecule has 0 saturated carbocycles. The maximum Gasteiger partial charge on any atom is 0.333 e. The summed E-state index contributed by atoms with van der Waals surface area (Å²) in [6, 6.07) is 0. The molecule has 74 valence electrons. The average Bonchev–Trinajstić information content (AvgIpc) is 2.56. The number of aliphatic carboxylic acids is 1.